The van der Waals surface area contributed by atoms with Gasteiger partial charge in [-0.25, -0.2) is 0 Å². The van der Waals surface area contributed by atoms with Crippen molar-refractivity contribution in [2.75, 3.05) is 4.90 Å². The molecule has 9 aromatic rings. The molecular weight excluding hydrogens is 532 g/mol. The Balaban J connectivity index is 1.37. The molecule has 0 amide bonds. The Labute approximate surface area is 255 Å². The predicted octanol–water partition coefficient (Wildman–Crippen LogP) is 11.7. The minimum Gasteiger partial charge on any atom is -0.310 e. The number of nitrogens with zero attached hydrogens (tertiary/aromatic N) is 2. The highest BCUT2D eigenvalue weighted by Crippen LogP contribution is 2.44. The van der Waals surface area contributed by atoms with Crippen LogP contribution in [0.15, 0.2) is 170 Å². The highest BCUT2D eigenvalue weighted by atomic mass is 15.1. The van der Waals surface area contributed by atoms with Gasteiger partial charge in [0.05, 0.1) is 16.7 Å². The first-order valence-electron chi connectivity index (χ1n) is 15.1. The van der Waals surface area contributed by atoms with E-state index in [0.717, 1.165) is 22.7 Å². The fourth-order valence-electron chi connectivity index (χ4n) is 7.00. The summed E-state index contributed by atoms with van der Waals surface area (Å²) in [6.07, 6.45) is 0. The standard InChI is InChI=1S/C42H28N2/c1-3-14-31(15-4-1)43(40-21-11-13-30-23-25-35-34-18-8-7-12-29(34)22-26-38(35)42(30)40)33-24-27-37-36-19-9-10-20-39(36)44(41(37)28-33)32-16-5-2-6-17-32/h1-28H. The average Bonchev–Trinajstić information content (AvgIpc) is 3.42. The van der Waals surface area contributed by atoms with Crippen LogP contribution in [0.1, 0.15) is 0 Å². The molecule has 0 N–H and O–H groups in total. The molecule has 44 heavy (non-hydrogen) atoms. The lowest BCUT2D eigenvalue weighted by Crippen LogP contribution is -2.10. The number of fused-ring (bicyclic) bond motifs is 8. The SMILES string of the molecule is c1ccc(N(c2ccc3c4ccccc4n(-c4ccccc4)c3c2)c2cccc3ccc4c5ccccc5ccc4c23)cc1. The van der Waals surface area contributed by atoms with Crippen LogP contribution in [-0.4, -0.2) is 4.57 Å². The van der Waals surface area contributed by atoms with Gasteiger partial charge in [0.15, 0.2) is 0 Å². The predicted molar refractivity (Wildman–Crippen MR) is 188 cm³/mol. The molecule has 0 aliphatic heterocycles. The minimum absolute atomic E-state index is 1.12. The molecule has 206 valence electrons. The highest BCUT2D eigenvalue weighted by Gasteiger charge is 2.20. The molecule has 0 aliphatic carbocycles. The fourth-order valence-corrected chi connectivity index (χ4v) is 7.00. The van der Waals surface area contributed by atoms with Crippen molar-refractivity contribution in [3.05, 3.63) is 170 Å². The second-order valence-corrected chi connectivity index (χ2v) is 11.4. The Hall–Kier alpha value is -5.86. The summed E-state index contributed by atoms with van der Waals surface area (Å²) in [5.41, 5.74) is 6.96. The molecule has 0 saturated heterocycles. The Bertz CT molecular complexity index is 2490. The van der Waals surface area contributed by atoms with E-state index in [1.807, 2.05) is 0 Å². The topological polar surface area (TPSA) is 8.17 Å². The van der Waals surface area contributed by atoms with Gasteiger partial charge in [-0.05, 0) is 75.5 Å². The van der Waals surface area contributed by atoms with Gasteiger partial charge in [-0.15, -0.1) is 0 Å². The molecule has 0 unspecified atom stereocenters. The normalized spacial score (nSPS) is 11.6. The van der Waals surface area contributed by atoms with E-state index in [2.05, 4.69) is 179 Å². The van der Waals surface area contributed by atoms with E-state index in [4.69, 9.17) is 0 Å². The van der Waals surface area contributed by atoms with Crippen LogP contribution in [0.4, 0.5) is 17.1 Å². The number of hydrogen-bond acceptors (Lipinski definition) is 1. The minimum atomic E-state index is 1.12. The zero-order chi connectivity index (χ0) is 29.0. The van der Waals surface area contributed by atoms with Crippen LogP contribution in [0, 0.1) is 0 Å². The van der Waals surface area contributed by atoms with Crippen LogP contribution < -0.4 is 4.90 Å². The van der Waals surface area contributed by atoms with Crippen molar-refractivity contribution >= 4 is 71.2 Å². The van der Waals surface area contributed by atoms with Crippen LogP contribution in [-0.2, 0) is 0 Å². The van der Waals surface area contributed by atoms with Gasteiger partial charge in [-0.2, -0.15) is 0 Å². The third-order valence-electron chi connectivity index (χ3n) is 8.93. The summed E-state index contributed by atoms with van der Waals surface area (Å²) in [6.45, 7) is 0. The molecule has 0 fully saturated rings. The quantitative estimate of drug-likeness (QED) is 0.194. The molecule has 1 heterocycles. The average molecular weight is 561 g/mol. The Morgan fingerprint density at radius 2 is 1.00 bits per heavy atom. The largest absolute Gasteiger partial charge is 0.310 e. The maximum absolute atomic E-state index is 2.42. The number of hydrogen-bond donors (Lipinski definition) is 0. The van der Waals surface area contributed by atoms with Crippen molar-refractivity contribution in [1.82, 2.24) is 4.57 Å². The van der Waals surface area contributed by atoms with Crippen molar-refractivity contribution in [3.63, 3.8) is 0 Å². The summed E-state index contributed by atoms with van der Waals surface area (Å²) in [5, 5.41) is 10.1. The third kappa shape index (κ3) is 3.75. The number of rotatable bonds is 4. The van der Waals surface area contributed by atoms with Crippen molar-refractivity contribution in [2.24, 2.45) is 0 Å². The van der Waals surface area contributed by atoms with Crippen LogP contribution in [0.5, 0.6) is 0 Å². The van der Waals surface area contributed by atoms with E-state index in [1.54, 1.807) is 0 Å². The summed E-state index contributed by atoms with van der Waals surface area (Å²) in [6, 6.07) is 61.5. The molecule has 2 heteroatoms. The molecule has 0 atom stereocenters. The van der Waals surface area contributed by atoms with Gasteiger partial charge in [0.1, 0.15) is 0 Å². The second-order valence-electron chi connectivity index (χ2n) is 11.4. The zero-order valence-corrected chi connectivity index (χ0v) is 24.1. The molecule has 0 aliphatic rings. The van der Waals surface area contributed by atoms with Crippen molar-refractivity contribution in [1.29, 1.82) is 0 Å². The summed E-state index contributed by atoms with van der Waals surface area (Å²) < 4.78 is 2.39. The lowest BCUT2D eigenvalue weighted by molar-refractivity contribution is 1.18. The van der Waals surface area contributed by atoms with Crippen LogP contribution in [0.2, 0.25) is 0 Å². The van der Waals surface area contributed by atoms with Gasteiger partial charge in [0.2, 0.25) is 0 Å². The van der Waals surface area contributed by atoms with Crippen LogP contribution in [0.25, 0.3) is 59.8 Å². The number of anilines is 3. The summed E-state index contributed by atoms with van der Waals surface area (Å²) in [7, 11) is 0. The van der Waals surface area contributed by atoms with Crippen molar-refractivity contribution in [3.8, 4) is 5.69 Å². The van der Waals surface area contributed by atoms with Gasteiger partial charge in [0, 0.05) is 33.2 Å². The Morgan fingerprint density at radius 3 is 1.86 bits per heavy atom. The molecule has 1 aromatic heterocycles. The van der Waals surface area contributed by atoms with Crippen LogP contribution >= 0.6 is 0 Å². The van der Waals surface area contributed by atoms with Crippen LogP contribution in [0.3, 0.4) is 0 Å². The first kappa shape index (κ1) is 24.7. The molecule has 0 bridgehead atoms. The molecular formula is C42H28N2. The monoisotopic (exact) mass is 560 g/mol. The van der Waals surface area contributed by atoms with E-state index in [0.29, 0.717) is 0 Å². The molecule has 9 rings (SSSR count). The molecule has 0 saturated carbocycles. The highest BCUT2D eigenvalue weighted by molar-refractivity contribution is 6.21. The second kappa shape index (κ2) is 9.86. The summed E-state index contributed by atoms with van der Waals surface area (Å²) >= 11 is 0. The maximum atomic E-state index is 2.42. The number of para-hydroxylation sites is 3. The first-order valence-corrected chi connectivity index (χ1v) is 15.1. The van der Waals surface area contributed by atoms with E-state index in [9.17, 15) is 0 Å². The van der Waals surface area contributed by atoms with E-state index in [-0.39, 0.29) is 0 Å². The van der Waals surface area contributed by atoms with Crippen molar-refractivity contribution < 1.29 is 0 Å². The Morgan fingerprint density at radius 1 is 0.364 bits per heavy atom. The number of benzene rings is 8. The van der Waals surface area contributed by atoms with Crippen molar-refractivity contribution in [2.45, 2.75) is 0 Å². The molecule has 0 spiro atoms. The van der Waals surface area contributed by atoms with Gasteiger partial charge in [0.25, 0.3) is 0 Å². The smallest absolute Gasteiger partial charge is 0.0561 e. The molecule has 2 nitrogen and oxygen atoms in total. The fraction of sp³-hybridized carbons (Fsp3) is 0. The summed E-state index contributed by atoms with van der Waals surface area (Å²) in [5.74, 6) is 0. The van der Waals surface area contributed by atoms with Gasteiger partial charge in [-0.3, -0.25) is 0 Å². The molecule has 0 radical (unpaired) electrons. The van der Waals surface area contributed by atoms with Gasteiger partial charge >= 0.3 is 0 Å². The number of aromatic nitrogens is 1. The lowest BCUT2D eigenvalue weighted by Gasteiger charge is -2.27. The maximum Gasteiger partial charge on any atom is 0.0561 e. The molecule has 8 aromatic carbocycles. The zero-order valence-electron chi connectivity index (χ0n) is 24.1. The first-order chi connectivity index (χ1) is 21.8. The third-order valence-corrected chi connectivity index (χ3v) is 8.93. The lowest BCUT2D eigenvalue weighted by atomic mass is 9.95. The van der Waals surface area contributed by atoms with E-state index >= 15 is 0 Å². The van der Waals surface area contributed by atoms with E-state index < -0.39 is 0 Å². The van der Waals surface area contributed by atoms with Gasteiger partial charge < -0.3 is 9.47 Å². The Kier molecular flexibility index (Phi) is 5.54. The van der Waals surface area contributed by atoms with E-state index in [1.165, 1.54) is 54.1 Å². The van der Waals surface area contributed by atoms with Gasteiger partial charge in [-0.1, -0.05) is 121 Å². The summed E-state index contributed by atoms with van der Waals surface area (Å²) in [4.78, 5) is 2.42.